The molecule has 2 aromatic heterocycles. The van der Waals surface area contributed by atoms with Crippen LogP contribution in [0.4, 0.5) is 5.69 Å². The van der Waals surface area contributed by atoms with Crippen LogP contribution in [0.5, 0.6) is 0 Å². The molecule has 0 bridgehead atoms. The van der Waals surface area contributed by atoms with Gasteiger partial charge in [-0.15, -0.1) is 0 Å². The van der Waals surface area contributed by atoms with Crippen molar-refractivity contribution in [3.05, 3.63) is 33.9 Å². The summed E-state index contributed by atoms with van der Waals surface area (Å²) in [5.74, 6) is 0.330. The molecule has 2 atom stereocenters. The van der Waals surface area contributed by atoms with Crippen molar-refractivity contribution in [1.29, 1.82) is 0 Å². The molecule has 8 nitrogen and oxygen atoms in total. The third-order valence-electron chi connectivity index (χ3n) is 6.18. The first-order valence-corrected chi connectivity index (χ1v) is 10.2. The molecule has 1 fully saturated rings. The van der Waals surface area contributed by atoms with Crippen molar-refractivity contribution in [3.63, 3.8) is 0 Å². The molecule has 152 valence electrons. The smallest absolute Gasteiger partial charge is 0.259 e. The number of aryl methyl sites for hydroxylation is 1. The van der Waals surface area contributed by atoms with Crippen molar-refractivity contribution < 1.29 is 0 Å². The lowest BCUT2D eigenvalue weighted by Crippen LogP contribution is -2.33. The molecule has 0 saturated carbocycles. The Hall–Kier alpha value is -2.16. The summed E-state index contributed by atoms with van der Waals surface area (Å²) in [6.45, 7) is 9.50. The Labute approximate surface area is 165 Å². The molecule has 4 rings (SSSR count). The van der Waals surface area contributed by atoms with E-state index in [2.05, 4.69) is 42.6 Å². The Morgan fingerprint density at radius 3 is 2.68 bits per heavy atom. The summed E-state index contributed by atoms with van der Waals surface area (Å²) in [4.78, 5) is 15.5. The summed E-state index contributed by atoms with van der Waals surface area (Å²) in [6, 6.07) is 2.20. The lowest BCUT2D eigenvalue weighted by atomic mass is 10.0. The van der Waals surface area contributed by atoms with E-state index in [4.69, 9.17) is 10.8 Å². The van der Waals surface area contributed by atoms with Crippen LogP contribution in [0, 0.1) is 5.92 Å². The summed E-state index contributed by atoms with van der Waals surface area (Å²) in [6.07, 6.45) is 3.94. The SMILES string of the molecule is CC(C)[C@H](C)n1cc(-c2cc(CN3CCCC3)n(C)n2)c2c(c1=O)C(N)NN2. The number of anilines is 1. The molecule has 8 heteroatoms. The number of nitrogens with two attached hydrogens (primary N) is 1. The normalized spacial score (nSPS) is 20.6. The highest BCUT2D eigenvalue weighted by atomic mass is 16.1. The van der Waals surface area contributed by atoms with Gasteiger partial charge < -0.3 is 15.7 Å². The topological polar surface area (TPSA) is 93.1 Å². The molecular formula is C20H31N7O. The van der Waals surface area contributed by atoms with Crippen LogP contribution in [0.15, 0.2) is 17.1 Å². The first-order chi connectivity index (χ1) is 13.4. The Bertz CT molecular complexity index is 923. The van der Waals surface area contributed by atoms with Crippen LogP contribution in [-0.4, -0.2) is 32.3 Å². The average molecular weight is 386 g/mol. The quantitative estimate of drug-likeness (QED) is 0.728. The van der Waals surface area contributed by atoms with Crippen molar-refractivity contribution in [2.24, 2.45) is 18.7 Å². The van der Waals surface area contributed by atoms with Gasteiger partial charge in [0.25, 0.3) is 5.56 Å². The third kappa shape index (κ3) is 3.25. The van der Waals surface area contributed by atoms with Gasteiger partial charge in [0, 0.05) is 31.4 Å². The number of likely N-dealkylation sites (tertiary alicyclic amines) is 1. The Balaban J connectivity index is 1.79. The highest BCUT2D eigenvalue weighted by Gasteiger charge is 2.29. The Kier molecular flexibility index (Phi) is 5.03. The van der Waals surface area contributed by atoms with E-state index in [1.165, 1.54) is 18.5 Å². The minimum Gasteiger partial charge on any atom is -0.318 e. The van der Waals surface area contributed by atoms with E-state index >= 15 is 0 Å². The molecule has 4 N–H and O–H groups in total. The fourth-order valence-electron chi connectivity index (χ4n) is 4.07. The molecule has 1 saturated heterocycles. The van der Waals surface area contributed by atoms with Gasteiger partial charge >= 0.3 is 0 Å². The second-order valence-corrected chi connectivity index (χ2v) is 8.40. The van der Waals surface area contributed by atoms with Crippen molar-refractivity contribution in [2.45, 2.75) is 52.4 Å². The molecule has 0 radical (unpaired) electrons. The molecule has 28 heavy (non-hydrogen) atoms. The summed E-state index contributed by atoms with van der Waals surface area (Å²) >= 11 is 0. The second kappa shape index (κ2) is 7.35. The van der Waals surface area contributed by atoms with Gasteiger partial charge in [-0.3, -0.25) is 14.4 Å². The number of nitrogens with zero attached hydrogens (tertiary/aromatic N) is 4. The lowest BCUT2D eigenvalue weighted by Gasteiger charge is -2.21. The van der Waals surface area contributed by atoms with Crippen molar-refractivity contribution in [1.82, 2.24) is 24.7 Å². The maximum Gasteiger partial charge on any atom is 0.259 e. The van der Waals surface area contributed by atoms with E-state index in [0.29, 0.717) is 11.5 Å². The van der Waals surface area contributed by atoms with Crippen LogP contribution in [-0.2, 0) is 13.6 Å². The van der Waals surface area contributed by atoms with Gasteiger partial charge in [-0.05, 0) is 44.8 Å². The number of hydrazine groups is 1. The zero-order valence-corrected chi connectivity index (χ0v) is 17.2. The van der Waals surface area contributed by atoms with E-state index in [-0.39, 0.29) is 11.6 Å². The number of rotatable bonds is 5. The largest absolute Gasteiger partial charge is 0.318 e. The maximum atomic E-state index is 13.1. The highest BCUT2D eigenvalue weighted by molar-refractivity contribution is 5.79. The number of hydrogen-bond donors (Lipinski definition) is 3. The van der Waals surface area contributed by atoms with Crippen LogP contribution < -0.4 is 22.1 Å². The van der Waals surface area contributed by atoms with Crippen molar-refractivity contribution >= 4 is 5.69 Å². The number of pyridine rings is 1. The summed E-state index contributed by atoms with van der Waals surface area (Å²) in [7, 11) is 1.99. The van der Waals surface area contributed by atoms with Gasteiger partial charge in [0.2, 0.25) is 0 Å². The Morgan fingerprint density at radius 2 is 2.00 bits per heavy atom. The molecule has 4 heterocycles. The van der Waals surface area contributed by atoms with E-state index in [1.54, 1.807) is 0 Å². The zero-order valence-electron chi connectivity index (χ0n) is 17.2. The number of aromatic nitrogens is 3. The second-order valence-electron chi connectivity index (χ2n) is 8.40. The monoisotopic (exact) mass is 385 g/mol. The van der Waals surface area contributed by atoms with Crippen LogP contribution in [0.25, 0.3) is 11.3 Å². The molecule has 1 unspecified atom stereocenters. The van der Waals surface area contributed by atoms with E-state index < -0.39 is 6.17 Å². The summed E-state index contributed by atoms with van der Waals surface area (Å²) < 4.78 is 3.76. The fourth-order valence-corrected chi connectivity index (χ4v) is 4.07. The van der Waals surface area contributed by atoms with Crippen LogP contribution in [0.2, 0.25) is 0 Å². The van der Waals surface area contributed by atoms with Crippen LogP contribution >= 0.6 is 0 Å². The molecule has 0 aliphatic carbocycles. The maximum absolute atomic E-state index is 13.1. The lowest BCUT2D eigenvalue weighted by molar-refractivity contribution is 0.321. The molecular weight excluding hydrogens is 354 g/mol. The van der Waals surface area contributed by atoms with Crippen molar-refractivity contribution in [3.8, 4) is 11.3 Å². The molecule has 2 aromatic rings. The molecule has 2 aliphatic rings. The number of hydrogen-bond acceptors (Lipinski definition) is 6. The minimum atomic E-state index is -0.527. The molecule has 0 amide bonds. The molecule has 0 aromatic carbocycles. The first kappa shape index (κ1) is 19.2. The van der Waals surface area contributed by atoms with E-state index in [9.17, 15) is 4.79 Å². The third-order valence-corrected chi connectivity index (χ3v) is 6.18. The minimum absolute atomic E-state index is 0.0434. The van der Waals surface area contributed by atoms with Gasteiger partial charge in [-0.2, -0.15) is 5.10 Å². The number of nitrogens with one attached hydrogen (secondary N) is 2. The van der Waals surface area contributed by atoms with Crippen LogP contribution in [0.1, 0.15) is 57.1 Å². The predicted octanol–water partition coefficient (Wildman–Crippen LogP) is 1.95. The van der Waals surface area contributed by atoms with E-state index in [1.807, 2.05) is 22.5 Å². The van der Waals surface area contributed by atoms with Gasteiger partial charge in [-0.1, -0.05) is 13.8 Å². The highest BCUT2D eigenvalue weighted by Crippen LogP contribution is 2.34. The Morgan fingerprint density at radius 1 is 1.29 bits per heavy atom. The van der Waals surface area contributed by atoms with Gasteiger partial charge in [0.05, 0.1) is 22.6 Å². The molecule has 2 aliphatic heterocycles. The average Bonchev–Trinajstić information content (AvgIpc) is 3.37. The van der Waals surface area contributed by atoms with Gasteiger partial charge in [0.15, 0.2) is 0 Å². The van der Waals surface area contributed by atoms with Gasteiger partial charge in [-0.25, -0.2) is 5.43 Å². The fraction of sp³-hybridized carbons (Fsp3) is 0.600. The predicted molar refractivity (Wildman–Crippen MR) is 111 cm³/mol. The summed E-state index contributed by atoms with van der Waals surface area (Å²) in [5.41, 5.74) is 16.5. The standard InChI is InChI=1S/C20H31N7O/c1-12(2)13(3)27-11-15(18-17(20(27)28)19(21)23-22-18)16-9-14(25(4)24-16)10-26-7-5-6-8-26/h9,11-13,19,22-23H,5-8,10,21H2,1-4H3/t13-,19?/m0/s1. The van der Waals surface area contributed by atoms with Crippen LogP contribution in [0.3, 0.4) is 0 Å². The van der Waals surface area contributed by atoms with Crippen molar-refractivity contribution in [2.75, 3.05) is 18.5 Å². The zero-order chi connectivity index (χ0) is 20.0. The number of fused-ring (bicyclic) bond motifs is 1. The van der Waals surface area contributed by atoms with E-state index in [0.717, 1.165) is 36.6 Å². The first-order valence-electron chi connectivity index (χ1n) is 10.2. The molecule has 0 spiro atoms. The van der Waals surface area contributed by atoms with Gasteiger partial charge in [0.1, 0.15) is 6.17 Å². The summed E-state index contributed by atoms with van der Waals surface area (Å²) in [5, 5.41) is 4.77.